The third-order valence-corrected chi connectivity index (χ3v) is 4.42. The lowest BCUT2D eigenvalue weighted by Gasteiger charge is -2.24. The number of alkyl halides is 2. The Morgan fingerprint density at radius 3 is 2.93 bits per heavy atom. The Labute approximate surface area is 106 Å². The molecular weight excluding hydrogens is 348 g/mol. The fourth-order valence-corrected chi connectivity index (χ4v) is 2.86. The number of halogens is 2. The van der Waals surface area contributed by atoms with Gasteiger partial charge < -0.3 is 5.73 Å². The van der Waals surface area contributed by atoms with Crippen LogP contribution >= 0.6 is 43.6 Å². The second kappa shape index (κ2) is 3.60. The summed E-state index contributed by atoms with van der Waals surface area (Å²) in [6, 6.07) is 1.41. The van der Waals surface area contributed by atoms with Gasteiger partial charge in [-0.05, 0) is 18.7 Å². The smallest absolute Gasteiger partial charge is 0.275 e. The van der Waals surface area contributed by atoms with Crippen molar-refractivity contribution in [3.8, 4) is 0 Å². The van der Waals surface area contributed by atoms with Crippen LogP contribution in [-0.4, -0.2) is 18.1 Å². The minimum atomic E-state index is -0.687. The Balaban J connectivity index is 2.68. The van der Waals surface area contributed by atoms with Crippen molar-refractivity contribution in [1.29, 1.82) is 0 Å². The summed E-state index contributed by atoms with van der Waals surface area (Å²) >= 11 is 7.97. The first-order valence-electron chi connectivity index (χ1n) is 3.92. The molecule has 80 valence electrons. The first kappa shape index (κ1) is 11.2. The van der Waals surface area contributed by atoms with Gasteiger partial charge in [-0.1, -0.05) is 31.9 Å². The molecule has 1 aliphatic rings. The molecule has 0 aliphatic carbocycles. The molecule has 0 radical (unpaired) electrons. The Bertz CT molecular complexity index is 510. The van der Waals surface area contributed by atoms with Gasteiger partial charge in [0, 0.05) is 11.8 Å². The molecule has 0 amide bonds. The van der Waals surface area contributed by atoms with Crippen molar-refractivity contribution in [2.45, 2.75) is 14.6 Å². The average molecular weight is 354 g/mol. The molecule has 2 N–H and O–H groups in total. The summed E-state index contributed by atoms with van der Waals surface area (Å²) < 4.78 is 0.501. The van der Waals surface area contributed by atoms with Crippen molar-refractivity contribution in [2.24, 2.45) is 10.8 Å². The zero-order valence-electron chi connectivity index (χ0n) is 7.57. The largest absolute Gasteiger partial charge is 0.383 e. The van der Waals surface area contributed by atoms with E-state index in [9.17, 15) is 4.79 Å². The van der Waals surface area contributed by atoms with E-state index in [-0.39, 0.29) is 11.4 Å². The maximum atomic E-state index is 11.6. The molecule has 0 saturated heterocycles. The number of hydrogen-bond donors (Lipinski definition) is 1. The lowest BCUT2D eigenvalue weighted by Crippen LogP contribution is -2.37. The summed E-state index contributed by atoms with van der Waals surface area (Å²) in [7, 11) is 0. The lowest BCUT2D eigenvalue weighted by molar-refractivity contribution is 0.670. The van der Waals surface area contributed by atoms with Crippen LogP contribution < -0.4 is 11.3 Å². The van der Waals surface area contributed by atoms with Crippen LogP contribution in [0.3, 0.4) is 0 Å². The number of fused-ring (bicyclic) bond motifs is 1. The van der Waals surface area contributed by atoms with Crippen molar-refractivity contribution in [2.75, 3.05) is 0 Å². The minimum absolute atomic E-state index is 0.233. The Hall–Kier alpha value is -0.340. The molecule has 2 rings (SSSR count). The van der Waals surface area contributed by atoms with E-state index in [0.717, 1.165) is 0 Å². The van der Waals surface area contributed by atoms with Gasteiger partial charge in [-0.3, -0.25) is 4.79 Å². The molecule has 1 aliphatic heterocycles. The fraction of sp³-hybridized carbons (Fsp3) is 0.286. The zero-order valence-corrected chi connectivity index (χ0v) is 11.6. The molecule has 0 atom stereocenters. The summed E-state index contributed by atoms with van der Waals surface area (Å²) in [6.07, 6.45) is 0. The number of nitrogens with zero attached hydrogens (tertiary/aromatic N) is 3. The second-order valence-electron chi connectivity index (χ2n) is 2.93. The summed E-state index contributed by atoms with van der Waals surface area (Å²) in [6.45, 7) is 1.76. The molecule has 0 aromatic carbocycles. The van der Waals surface area contributed by atoms with Crippen molar-refractivity contribution in [1.82, 2.24) is 9.66 Å². The molecule has 15 heavy (non-hydrogen) atoms. The van der Waals surface area contributed by atoms with Gasteiger partial charge in [-0.25, -0.2) is 4.98 Å². The summed E-state index contributed by atoms with van der Waals surface area (Å²) in [5.74, 6) is 0.271. The minimum Gasteiger partial charge on any atom is -0.383 e. The lowest BCUT2D eigenvalue weighted by atomic mass is 10.5. The van der Waals surface area contributed by atoms with Crippen molar-refractivity contribution in [3.05, 3.63) is 22.1 Å². The Morgan fingerprint density at radius 2 is 2.27 bits per heavy atom. The molecule has 0 spiro atoms. The van der Waals surface area contributed by atoms with E-state index in [4.69, 9.17) is 5.73 Å². The maximum absolute atomic E-state index is 11.6. The number of nitrogens with two attached hydrogens (primary N) is 1. The number of thioether (sulfide) groups is 1. The molecular formula is C7H6Br2N4OS. The van der Waals surface area contributed by atoms with E-state index >= 15 is 0 Å². The van der Waals surface area contributed by atoms with Gasteiger partial charge in [-0.15, -0.1) is 5.10 Å². The van der Waals surface area contributed by atoms with Crippen LogP contribution in [0, 0.1) is 6.92 Å². The fourth-order valence-electron chi connectivity index (χ4n) is 1.06. The number of aromatic nitrogens is 2. The third-order valence-electron chi connectivity index (χ3n) is 1.72. The predicted molar refractivity (Wildman–Crippen MR) is 66.7 cm³/mol. The molecule has 0 unspecified atom stereocenters. The predicted octanol–water partition coefficient (Wildman–Crippen LogP) is 1.22. The average Bonchev–Trinajstić information content (AvgIpc) is 2.08. The van der Waals surface area contributed by atoms with Crippen LogP contribution in [0.1, 0.15) is 5.69 Å². The number of rotatable bonds is 0. The summed E-state index contributed by atoms with van der Waals surface area (Å²) in [4.78, 5) is 15.8. The summed E-state index contributed by atoms with van der Waals surface area (Å²) in [5, 5.41) is 4.46. The van der Waals surface area contributed by atoms with Crippen molar-refractivity contribution < 1.29 is 0 Å². The highest BCUT2D eigenvalue weighted by atomic mass is 79.9. The first-order chi connectivity index (χ1) is 6.90. The molecule has 0 bridgehead atoms. The number of aryl methyl sites for hydroxylation is 1. The highest BCUT2D eigenvalue weighted by Gasteiger charge is 2.35. The van der Waals surface area contributed by atoms with Gasteiger partial charge >= 0.3 is 0 Å². The second-order valence-corrected chi connectivity index (χ2v) is 8.61. The molecule has 5 nitrogen and oxygen atoms in total. The topological polar surface area (TPSA) is 73.3 Å². The molecule has 0 fully saturated rings. The van der Waals surface area contributed by atoms with Gasteiger partial charge in [-0.2, -0.15) is 4.68 Å². The van der Waals surface area contributed by atoms with Gasteiger partial charge in [0.1, 0.15) is 0 Å². The van der Waals surface area contributed by atoms with Crippen LogP contribution in [0.2, 0.25) is 0 Å². The van der Waals surface area contributed by atoms with E-state index in [1.807, 2.05) is 0 Å². The highest BCUT2D eigenvalue weighted by Crippen LogP contribution is 2.44. The van der Waals surface area contributed by atoms with E-state index < -0.39 is 2.57 Å². The van der Waals surface area contributed by atoms with Crippen molar-refractivity contribution >= 4 is 49.5 Å². The molecule has 1 aromatic heterocycles. The molecule has 0 saturated carbocycles. The van der Waals surface area contributed by atoms with Crippen LogP contribution in [0.25, 0.3) is 0 Å². The van der Waals surface area contributed by atoms with Gasteiger partial charge in [0.05, 0.1) is 0 Å². The monoisotopic (exact) mass is 352 g/mol. The molecule has 8 heteroatoms. The van der Waals surface area contributed by atoms with Gasteiger partial charge in [0.2, 0.25) is 0 Å². The summed E-state index contributed by atoms with van der Waals surface area (Å²) in [5.41, 5.74) is 6.11. The van der Waals surface area contributed by atoms with Crippen LogP contribution in [0.4, 0.5) is 0 Å². The highest BCUT2D eigenvalue weighted by molar-refractivity contribution is 9.28. The van der Waals surface area contributed by atoms with Crippen LogP contribution in [-0.2, 0) is 0 Å². The van der Waals surface area contributed by atoms with E-state index in [1.165, 1.54) is 22.5 Å². The van der Waals surface area contributed by atoms with E-state index in [0.29, 0.717) is 10.9 Å². The molecule has 1 aromatic rings. The van der Waals surface area contributed by atoms with Crippen molar-refractivity contribution in [3.63, 3.8) is 0 Å². The van der Waals surface area contributed by atoms with E-state index in [2.05, 4.69) is 41.9 Å². The van der Waals surface area contributed by atoms with Gasteiger partial charge in [0.25, 0.3) is 5.56 Å². The number of hydrogen-bond acceptors (Lipinski definition) is 5. The van der Waals surface area contributed by atoms with E-state index in [1.54, 1.807) is 6.92 Å². The van der Waals surface area contributed by atoms with Gasteiger partial charge in [0.15, 0.2) is 13.6 Å². The van der Waals surface area contributed by atoms with Crippen LogP contribution in [0.15, 0.2) is 21.1 Å². The first-order valence-corrected chi connectivity index (χ1v) is 6.33. The number of amidine groups is 1. The van der Waals surface area contributed by atoms with Crippen LogP contribution in [0.5, 0.6) is 0 Å². The maximum Gasteiger partial charge on any atom is 0.275 e. The Morgan fingerprint density at radius 1 is 1.60 bits per heavy atom. The Kier molecular flexibility index (Phi) is 2.68. The standard InChI is InChI=1S/C7H6Br2N4OS/c1-3-2-4(14)13-6(11-3)15-7(8,9)5(10)12-13/h2H,1H3,(H2,10,12). The SMILES string of the molecule is Cc1cc(=O)n2c(n1)SC(Br)(Br)C(N)=N2. The normalized spacial score (nSPS) is 18.2. The third kappa shape index (κ3) is 1.98. The quantitative estimate of drug-likeness (QED) is 0.562. The zero-order chi connectivity index (χ0) is 11.2. The molecule has 2 heterocycles.